The minimum Gasteiger partial charge on any atom is -0.339 e. The first-order valence-electron chi connectivity index (χ1n) is 5.08. The molecular formula is C10H15NO2. The molecule has 1 heterocycles. The van der Waals surface area contributed by atoms with Gasteiger partial charge in [0.25, 0.3) is 0 Å². The van der Waals surface area contributed by atoms with E-state index in [9.17, 15) is 9.59 Å². The second-order valence-corrected chi connectivity index (χ2v) is 3.99. The Labute approximate surface area is 78.1 Å². The summed E-state index contributed by atoms with van der Waals surface area (Å²) in [6.07, 6.45) is 5.48. The number of Topliss-reactive ketones (excluding diaryl/α,β-unsaturated/α-hetero) is 1. The Bertz CT molecular complexity index is 231. The number of nitrogens with zero attached hydrogens (tertiary/aromatic N) is 1. The molecular weight excluding hydrogens is 166 g/mol. The van der Waals surface area contributed by atoms with Crippen LogP contribution in [0.15, 0.2) is 0 Å². The minimum absolute atomic E-state index is 0.0585. The highest BCUT2D eigenvalue weighted by Crippen LogP contribution is 2.25. The topological polar surface area (TPSA) is 37.4 Å². The SMILES string of the molecule is O=C1CCN(C2CCCC2)C(=O)C1. The fraction of sp³-hybridized carbons (Fsp3) is 0.800. The van der Waals surface area contributed by atoms with Gasteiger partial charge in [0.05, 0.1) is 6.42 Å². The Kier molecular flexibility index (Phi) is 2.34. The van der Waals surface area contributed by atoms with Gasteiger partial charge in [-0.15, -0.1) is 0 Å². The lowest BCUT2D eigenvalue weighted by molar-refractivity contribution is -0.141. The maximum atomic E-state index is 11.5. The normalized spacial score (nSPS) is 25.7. The van der Waals surface area contributed by atoms with Crippen molar-refractivity contribution in [3.05, 3.63) is 0 Å². The molecule has 1 aliphatic carbocycles. The Morgan fingerprint density at radius 2 is 1.85 bits per heavy atom. The maximum absolute atomic E-state index is 11.5. The van der Waals surface area contributed by atoms with Crippen molar-refractivity contribution < 1.29 is 9.59 Å². The first-order chi connectivity index (χ1) is 6.27. The van der Waals surface area contributed by atoms with Gasteiger partial charge in [-0.1, -0.05) is 12.8 Å². The third-order valence-electron chi connectivity index (χ3n) is 3.07. The standard InChI is InChI=1S/C10H15NO2/c12-9-5-6-11(10(13)7-9)8-3-1-2-4-8/h8H,1-7H2. The molecule has 13 heavy (non-hydrogen) atoms. The van der Waals surface area contributed by atoms with Crippen molar-refractivity contribution in [2.24, 2.45) is 0 Å². The number of hydrogen-bond acceptors (Lipinski definition) is 2. The molecule has 0 atom stereocenters. The van der Waals surface area contributed by atoms with E-state index in [1.165, 1.54) is 12.8 Å². The summed E-state index contributed by atoms with van der Waals surface area (Å²) in [6, 6.07) is 0.445. The lowest BCUT2D eigenvalue weighted by Crippen LogP contribution is -2.44. The summed E-state index contributed by atoms with van der Waals surface area (Å²) >= 11 is 0. The fourth-order valence-electron chi connectivity index (χ4n) is 2.33. The Morgan fingerprint density at radius 1 is 1.15 bits per heavy atom. The van der Waals surface area contributed by atoms with Gasteiger partial charge in [0.15, 0.2) is 0 Å². The molecule has 2 fully saturated rings. The van der Waals surface area contributed by atoms with Gasteiger partial charge in [-0.2, -0.15) is 0 Å². The Hall–Kier alpha value is -0.860. The van der Waals surface area contributed by atoms with Crippen LogP contribution in [0.4, 0.5) is 0 Å². The number of carbonyl (C=O) groups excluding carboxylic acids is 2. The average Bonchev–Trinajstić information content (AvgIpc) is 2.56. The van der Waals surface area contributed by atoms with E-state index in [4.69, 9.17) is 0 Å². The third-order valence-corrected chi connectivity index (χ3v) is 3.07. The summed E-state index contributed by atoms with van der Waals surface area (Å²) in [7, 11) is 0. The molecule has 0 N–H and O–H groups in total. The number of rotatable bonds is 1. The van der Waals surface area contributed by atoms with Crippen LogP contribution in [-0.2, 0) is 9.59 Å². The van der Waals surface area contributed by atoms with Gasteiger partial charge < -0.3 is 4.90 Å². The van der Waals surface area contributed by atoms with Crippen LogP contribution in [0.3, 0.4) is 0 Å². The van der Waals surface area contributed by atoms with Crippen molar-refractivity contribution >= 4 is 11.7 Å². The summed E-state index contributed by atoms with van der Waals surface area (Å²) in [6.45, 7) is 0.669. The van der Waals surface area contributed by atoms with Crippen LogP contribution in [-0.4, -0.2) is 29.2 Å². The van der Waals surface area contributed by atoms with E-state index in [1.54, 1.807) is 0 Å². The smallest absolute Gasteiger partial charge is 0.230 e. The van der Waals surface area contributed by atoms with E-state index >= 15 is 0 Å². The highest BCUT2D eigenvalue weighted by Gasteiger charge is 2.30. The van der Waals surface area contributed by atoms with Crippen molar-refractivity contribution in [1.29, 1.82) is 0 Å². The molecule has 2 rings (SSSR count). The van der Waals surface area contributed by atoms with Gasteiger partial charge in [-0.25, -0.2) is 0 Å². The quantitative estimate of drug-likeness (QED) is 0.568. The lowest BCUT2D eigenvalue weighted by Gasteiger charge is -2.31. The number of hydrogen-bond donors (Lipinski definition) is 0. The van der Waals surface area contributed by atoms with Gasteiger partial charge in [-0.3, -0.25) is 9.59 Å². The van der Waals surface area contributed by atoms with Gasteiger partial charge >= 0.3 is 0 Å². The molecule has 0 bridgehead atoms. The molecule has 1 saturated heterocycles. The molecule has 1 aliphatic heterocycles. The number of carbonyl (C=O) groups is 2. The zero-order chi connectivity index (χ0) is 9.26. The molecule has 0 unspecified atom stereocenters. The summed E-state index contributed by atoms with van der Waals surface area (Å²) < 4.78 is 0. The third kappa shape index (κ3) is 1.74. The largest absolute Gasteiger partial charge is 0.339 e. The first kappa shape index (κ1) is 8.73. The van der Waals surface area contributed by atoms with Crippen molar-refractivity contribution in [2.75, 3.05) is 6.54 Å². The van der Waals surface area contributed by atoms with Crippen LogP contribution in [0.5, 0.6) is 0 Å². The van der Waals surface area contributed by atoms with E-state index in [2.05, 4.69) is 0 Å². The Morgan fingerprint density at radius 3 is 2.46 bits per heavy atom. The van der Waals surface area contributed by atoms with E-state index in [1.807, 2.05) is 4.90 Å². The van der Waals surface area contributed by atoms with Crippen molar-refractivity contribution in [1.82, 2.24) is 4.90 Å². The van der Waals surface area contributed by atoms with Crippen LogP contribution in [0.1, 0.15) is 38.5 Å². The first-order valence-corrected chi connectivity index (χ1v) is 5.08. The summed E-state index contributed by atoms with van der Waals surface area (Å²) in [4.78, 5) is 24.4. The monoisotopic (exact) mass is 181 g/mol. The van der Waals surface area contributed by atoms with Crippen LogP contribution >= 0.6 is 0 Å². The summed E-state index contributed by atoms with van der Waals surface area (Å²) in [5, 5.41) is 0. The molecule has 3 heteroatoms. The van der Waals surface area contributed by atoms with E-state index in [0.29, 0.717) is 19.0 Å². The fourth-order valence-corrected chi connectivity index (χ4v) is 2.33. The molecule has 0 aromatic rings. The minimum atomic E-state index is 0.0585. The van der Waals surface area contributed by atoms with Crippen molar-refractivity contribution in [2.45, 2.75) is 44.6 Å². The second-order valence-electron chi connectivity index (χ2n) is 3.99. The molecule has 1 saturated carbocycles. The van der Waals surface area contributed by atoms with Gasteiger partial charge in [0, 0.05) is 19.0 Å². The van der Waals surface area contributed by atoms with Crippen LogP contribution in [0, 0.1) is 0 Å². The number of likely N-dealkylation sites (tertiary alicyclic amines) is 1. The zero-order valence-electron chi connectivity index (χ0n) is 7.79. The highest BCUT2D eigenvalue weighted by atomic mass is 16.2. The summed E-state index contributed by atoms with van der Waals surface area (Å²) in [5.74, 6) is 0.169. The van der Waals surface area contributed by atoms with Crippen LogP contribution < -0.4 is 0 Å². The predicted molar refractivity (Wildman–Crippen MR) is 48.2 cm³/mol. The molecule has 0 aromatic carbocycles. The van der Waals surface area contributed by atoms with Gasteiger partial charge in [0.2, 0.25) is 5.91 Å². The maximum Gasteiger partial charge on any atom is 0.230 e. The molecule has 1 amide bonds. The van der Waals surface area contributed by atoms with E-state index < -0.39 is 0 Å². The number of ketones is 1. The average molecular weight is 181 g/mol. The lowest BCUT2D eigenvalue weighted by atomic mass is 10.1. The number of piperidine rings is 1. The molecule has 0 aromatic heterocycles. The van der Waals surface area contributed by atoms with Gasteiger partial charge in [0.1, 0.15) is 5.78 Å². The molecule has 0 spiro atoms. The summed E-state index contributed by atoms with van der Waals surface area (Å²) in [5.41, 5.74) is 0. The molecule has 3 nitrogen and oxygen atoms in total. The molecule has 72 valence electrons. The van der Waals surface area contributed by atoms with Crippen molar-refractivity contribution in [3.63, 3.8) is 0 Å². The van der Waals surface area contributed by atoms with Crippen molar-refractivity contribution in [3.8, 4) is 0 Å². The second kappa shape index (κ2) is 3.48. The zero-order valence-corrected chi connectivity index (χ0v) is 7.79. The Balaban J connectivity index is 1.98. The highest BCUT2D eigenvalue weighted by molar-refractivity contribution is 6.00. The van der Waals surface area contributed by atoms with Crippen LogP contribution in [0.2, 0.25) is 0 Å². The molecule has 0 radical (unpaired) electrons. The molecule has 2 aliphatic rings. The number of amides is 1. The predicted octanol–water partition coefficient (Wildman–Crippen LogP) is 1.12. The van der Waals surface area contributed by atoms with Crippen LogP contribution in [0.25, 0.3) is 0 Å². The van der Waals surface area contributed by atoms with Gasteiger partial charge in [-0.05, 0) is 12.8 Å². The van der Waals surface area contributed by atoms with E-state index in [-0.39, 0.29) is 18.1 Å². The van der Waals surface area contributed by atoms with E-state index in [0.717, 1.165) is 12.8 Å².